The topological polar surface area (TPSA) is 3.24 Å². The molecule has 1 unspecified atom stereocenters. The van der Waals surface area contributed by atoms with Gasteiger partial charge in [0.15, 0.2) is 0 Å². The van der Waals surface area contributed by atoms with Gasteiger partial charge in [-0.15, -0.1) is 11.6 Å². The first-order valence-electron chi connectivity index (χ1n) is 6.89. The third kappa shape index (κ3) is 2.40. The largest absolute Gasteiger partial charge is 0.339 e. The van der Waals surface area contributed by atoms with Gasteiger partial charge in [-0.3, -0.25) is 0 Å². The van der Waals surface area contributed by atoms with Crippen LogP contribution in [0.1, 0.15) is 18.1 Å². The summed E-state index contributed by atoms with van der Waals surface area (Å²) in [5.74, 6) is 0.647. The maximum atomic E-state index is 14.3. The van der Waals surface area contributed by atoms with Crippen LogP contribution in [0, 0.1) is 11.7 Å². The fourth-order valence-corrected chi connectivity index (χ4v) is 3.04. The molecule has 0 N–H and O–H groups in total. The number of anilines is 2. The second-order valence-corrected chi connectivity index (χ2v) is 5.74. The van der Waals surface area contributed by atoms with E-state index in [-0.39, 0.29) is 5.82 Å². The average molecular weight is 290 g/mol. The molecule has 104 valence electrons. The summed E-state index contributed by atoms with van der Waals surface area (Å²) in [6.07, 6.45) is 1.05. The molecule has 0 aliphatic carbocycles. The molecular weight excluding hydrogens is 273 g/mol. The van der Waals surface area contributed by atoms with Crippen molar-refractivity contribution in [1.82, 2.24) is 0 Å². The van der Waals surface area contributed by atoms with Crippen LogP contribution in [0.5, 0.6) is 0 Å². The molecule has 0 amide bonds. The lowest BCUT2D eigenvalue weighted by molar-refractivity contribution is 0.551. The van der Waals surface area contributed by atoms with Gasteiger partial charge in [-0.05, 0) is 41.7 Å². The van der Waals surface area contributed by atoms with Gasteiger partial charge in [0, 0.05) is 18.1 Å². The van der Waals surface area contributed by atoms with Crippen LogP contribution in [-0.4, -0.2) is 6.54 Å². The number of benzene rings is 2. The van der Waals surface area contributed by atoms with Gasteiger partial charge in [-0.25, -0.2) is 4.39 Å². The Morgan fingerprint density at radius 3 is 2.75 bits per heavy atom. The minimum Gasteiger partial charge on any atom is -0.339 e. The number of nitrogens with zero attached hydrogens (tertiary/aromatic N) is 1. The summed E-state index contributed by atoms with van der Waals surface area (Å²) in [7, 11) is 0. The van der Waals surface area contributed by atoms with Gasteiger partial charge in [0.1, 0.15) is 5.82 Å². The molecule has 2 aromatic rings. The summed E-state index contributed by atoms with van der Waals surface area (Å²) in [6, 6.07) is 13.5. The summed E-state index contributed by atoms with van der Waals surface area (Å²) in [5.41, 5.74) is 3.85. The molecule has 0 radical (unpaired) electrons. The molecule has 0 fully saturated rings. The molecule has 0 aromatic heterocycles. The second kappa shape index (κ2) is 5.45. The van der Waals surface area contributed by atoms with Gasteiger partial charge in [0.05, 0.1) is 5.69 Å². The van der Waals surface area contributed by atoms with E-state index in [1.54, 1.807) is 0 Å². The van der Waals surface area contributed by atoms with Crippen LogP contribution in [0.3, 0.4) is 0 Å². The molecule has 3 rings (SSSR count). The molecule has 1 aliphatic rings. The first-order valence-corrected chi connectivity index (χ1v) is 7.42. The zero-order chi connectivity index (χ0) is 14.1. The highest BCUT2D eigenvalue weighted by Crippen LogP contribution is 2.36. The third-order valence-electron chi connectivity index (χ3n) is 3.80. The second-order valence-electron chi connectivity index (χ2n) is 5.47. The monoisotopic (exact) mass is 289 g/mol. The summed E-state index contributed by atoms with van der Waals surface area (Å²) in [4.78, 5) is 2.08. The number of para-hydroxylation sites is 1. The predicted octanol–water partition coefficient (Wildman–Crippen LogP) is 4.89. The lowest BCUT2D eigenvalue weighted by atomic mass is 9.93. The zero-order valence-corrected chi connectivity index (χ0v) is 12.2. The van der Waals surface area contributed by atoms with Gasteiger partial charge < -0.3 is 4.90 Å². The molecule has 1 nitrogen and oxygen atoms in total. The number of halogens is 2. The van der Waals surface area contributed by atoms with E-state index in [4.69, 9.17) is 11.6 Å². The Labute approximate surface area is 124 Å². The van der Waals surface area contributed by atoms with E-state index in [2.05, 4.69) is 24.0 Å². The SMILES string of the molecule is CC1Cc2ccccc2N(c2ccc(CCl)cc2F)C1. The van der Waals surface area contributed by atoms with E-state index >= 15 is 0 Å². The van der Waals surface area contributed by atoms with Crippen molar-refractivity contribution in [3.05, 3.63) is 59.4 Å². The first kappa shape index (κ1) is 13.4. The van der Waals surface area contributed by atoms with E-state index in [0.29, 0.717) is 17.5 Å². The number of hydrogen-bond acceptors (Lipinski definition) is 1. The Morgan fingerprint density at radius 1 is 1.20 bits per heavy atom. The van der Waals surface area contributed by atoms with Crippen LogP contribution >= 0.6 is 11.6 Å². The van der Waals surface area contributed by atoms with Crippen molar-refractivity contribution in [2.75, 3.05) is 11.4 Å². The Morgan fingerprint density at radius 2 is 2.00 bits per heavy atom. The maximum Gasteiger partial charge on any atom is 0.147 e. The van der Waals surface area contributed by atoms with Gasteiger partial charge in [0.25, 0.3) is 0 Å². The average Bonchev–Trinajstić information content (AvgIpc) is 2.46. The third-order valence-corrected chi connectivity index (χ3v) is 4.11. The molecule has 2 aromatic carbocycles. The van der Waals surface area contributed by atoms with Crippen molar-refractivity contribution in [2.24, 2.45) is 5.92 Å². The molecule has 1 aliphatic heterocycles. The Bertz CT molecular complexity index is 626. The fraction of sp³-hybridized carbons (Fsp3) is 0.294. The van der Waals surface area contributed by atoms with Crippen molar-refractivity contribution in [3.63, 3.8) is 0 Å². The fourth-order valence-electron chi connectivity index (χ4n) is 2.88. The zero-order valence-electron chi connectivity index (χ0n) is 11.4. The number of rotatable bonds is 2. The van der Waals surface area contributed by atoms with E-state index in [1.165, 1.54) is 11.6 Å². The Hall–Kier alpha value is -1.54. The summed E-state index contributed by atoms with van der Waals surface area (Å²) in [6.45, 7) is 3.04. The van der Waals surface area contributed by atoms with Gasteiger partial charge >= 0.3 is 0 Å². The van der Waals surface area contributed by atoms with Gasteiger partial charge in [0.2, 0.25) is 0 Å². The standard InChI is InChI=1S/C17H17ClFN/c1-12-8-14-4-2-3-5-16(14)20(11-12)17-7-6-13(10-18)9-15(17)19/h2-7,9,12H,8,10-11H2,1H3. The number of fused-ring (bicyclic) bond motifs is 1. The minimum absolute atomic E-state index is 0.202. The van der Waals surface area contributed by atoms with Crippen molar-refractivity contribution < 1.29 is 4.39 Å². The summed E-state index contributed by atoms with van der Waals surface area (Å²) < 4.78 is 14.3. The van der Waals surface area contributed by atoms with Gasteiger partial charge in [-0.1, -0.05) is 31.2 Å². The minimum atomic E-state index is -0.202. The smallest absolute Gasteiger partial charge is 0.147 e. The quantitative estimate of drug-likeness (QED) is 0.711. The van der Waals surface area contributed by atoms with Crippen LogP contribution in [0.25, 0.3) is 0 Å². The van der Waals surface area contributed by atoms with Crippen molar-refractivity contribution in [1.29, 1.82) is 0 Å². The highest BCUT2D eigenvalue weighted by atomic mass is 35.5. The van der Waals surface area contributed by atoms with Crippen molar-refractivity contribution in [3.8, 4) is 0 Å². The summed E-state index contributed by atoms with van der Waals surface area (Å²) in [5, 5.41) is 0. The molecule has 0 bridgehead atoms. The van der Waals surface area contributed by atoms with E-state index < -0.39 is 0 Å². The van der Waals surface area contributed by atoms with Crippen LogP contribution in [0.15, 0.2) is 42.5 Å². The maximum absolute atomic E-state index is 14.3. The van der Waals surface area contributed by atoms with Crippen LogP contribution < -0.4 is 4.90 Å². The summed E-state index contributed by atoms with van der Waals surface area (Å²) >= 11 is 5.76. The molecule has 0 saturated carbocycles. The van der Waals surface area contributed by atoms with Crippen molar-refractivity contribution >= 4 is 23.0 Å². The highest BCUT2D eigenvalue weighted by Gasteiger charge is 2.24. The van der Waals surface area contributed by atoms with E-state index in [0.717, 1.165) is 24.2 Å². The van der Waals surface area contributed by atoms with E-state index in [9.17, 15) is 4.39 Å². The molecule has 3 heteroatoms. The van der Waals surface area contributed by atoms with Crippen LogP contribution in [0.2, 0.25) is 0 Å². The normalized spacial score (nSPS) is 17.9. The highest BCUT2D eigenvalue weighted by molar-refractivity contribution is 6.17. The van der Waals surface area contributed by atoms with Crippen LogP contribution in [0.4, 0.5) is 15.8 Å². The molecule has 20 heavy (non-hydrogen) atoms. The Balaban J connectivity index is 2.06. The van der Waals surface area contributed by atoms with Gasteiger partial charge in [-0.2, -0.15) is 0 Å². The lowest BCUT2D eigenvalue weighted by Gasteiger charge is -2.35. The number of alkyl halides is 1. The molecule has 1 atom stereocenters. The predicted molar refractivity (Wildman–Crippen MR) is 82.3 cm³/mol. The van der Waals surface area contributed by atoms with Crippen molar-refractivity contribution in [2.45, 2.75) is 19.2 Å². The molecule has 0 spiro atoms. The molecule has 0 saturated heterocycles. The lowest BCUT2D eigenvalue weighted by Crippen LogP contribution is -2.31. The number of hydrogen-bond donors (Lipinski definition) is 0. The Kier molecular flexibility index (Phi) is 3.66. The first-order chi connectivity index (χ1) is 9.69. The van der Waals surface area contributed by atoms with E-state index in [1.807, 2.05) is 24.3 Å². The van der Waals surface area contributed by atoms with Crippen LogP contribution in [-0.2, 0) is 12.3 Å². The molecular formula is C17H17ClFN. The molecule has 1 heterocycles.